The van der Waals surface area contributed by atoms with Crippen molar-refractivity contribution in [2.24, 2.45) is 11.8 Å². The van der Waals surface area contributed by atoms with Crippen LogP contribution in [0.3, 0.4) is 0 Å². The van der Waals surface area contributed by atoms with E-state index < -0.39 is 6.10 Å². The average Bonchev–Trinajstić information content (AvgIpc) is 3.73. The predicted molar refractivity (Wildman–Crippen MR) is 159 cm³/mol. The Kier molecular flexibility index (Phi) is 9.06. The van der Waals surface area contributed by atoms with Gasteiger partial charge in [-0.25, -0.2) is 15.0 Å². The summed E-state index contributed by atoms with van der Waals surface area (Å²) in [5.41, 5.74) is 2.68. The molecule has 1 aliphatic heterocycles. The van der Waals surface area contributed by atoms with Gasteiger partial charge in [0.15, 0.2) is 11.0 Å². The number of nitrogens with zero attached hydrogens (tertiary/aromatic N) is 3. The Labute approximate surface area is 248 Å². The van der Waals surface area contributed by atoms with Gasteiger partial charge in [-0.1, -0.05) is 17.4 Å². The number of anilines is 1. The molecule has 11 nitrogen and oxygen atoms in total. The molecular weight excluding hydrogens is 556 g/mol. The van der Waals surface area contributed by atoms with Crippen molar-refractivity contribution in [3.63, 3.8) is 0 Å². The fourth-order valence-corrected chi connectivity index (χ4v) is 6.70. The zero-order chi connectivity index (χ0) is 29.1. The molecule has 0 radical (unpaired) electrons. The van der Waals surface area contributed by atoms with E-state index in [0.29, 0.717) is 30.7 Å². The lowest BCUT2D eigenvalue weighted by Gasteiger charge is -2.36. The highest BCUT2D eigenvalue weighted by molar-refractivity contribution is 7.22. The topological polar surface area (TPSA) is 148 Å². The van der Waals surface area contributed by atoms with E-state index in [-0.39, 0.29) is 48.4 Å². The summed E-state index contributed by atoms with van der Waals surface area (Å²) >= 11 is 1.45. The standard InChI is InChI=1S/C30H38N6O5S/c1-17(12-33-28(38)19-7-8-40-15-19)34-22-9-20(10-22)29(39)36-30-35-23-6-5-18(11-26(23)42-30)21-13-31-27(32-14-21)16-41-25-4-2-3-24(25)37/h5-6,11,13-14,17,19-20,22,24-25,34,37H,2-4,7-10,12,15-16H2,1H3,(H,33,38)(H,35,36,39)/t17-,19+,20-,22+,24-,25-/m0/s1. The van der Waals surface area contributed by atoms with Gasteiger partial charge < -0.3 is 30.5 Å². The smallest absolute Gasteiger partial charge is 0.229 e. The molecular formula is C30H38N6O5S. The van der Waals surface area contributed by atoms with Gasteiger partial charge in [-0.2, -0.15) is 0 Å². The summed E-state index contributed by atoms with van der Waals surface area (Å²) in [6.45, 7) is 4.06. The summed E-state index contributed by atoms with van der Waals surface area (Å²) in [5.74, 6) is 0.548. The highest BCUT2D eigenvalue weighted by Crippen LogP contribution is 2.33. The number of nitrogens with one attached hydrogen (secondary N) is 3. The molecule has 12 heteroatoms. The van der Waals surface area contributed by atoms with Gasteiger partial charge in [0.25, 0.3) is 0 Å². The molecule has 6 rings (SSSR count). The van der Waals surface area contributed by atoms with Crippen LogP contribution < -0.4 is 16.0 Å². The number of ether oxygens (including phenoxy) is 2. The highest BCUT2D eigenvalue weighted by atomic mass is 32.1. The highest BCUT2D eigenvalue weighted by Gasteiger charge is 2.35. The van der Waals surface area contributed by atoms with Crippen molar-refractivity contribution in [1.29, 1.82) is 0 Å². The number of carbonyl (C=O) groups excluding carboxylic acids is 2. The SMILES string of the molecule is C[C@@H](CNC(=O)[C@@H]1CCOC1)N[C@H]1C[C@@H](C(=O)Nc2nc3ccc(-c4cnc(CO[C@H]5CCC[C@@H]5O)nc4)cc3s2)C1. The average molecular weight is 595 g/mol. The molecule has 3 fully saturated rings. The number of aliphatic hydroxyl groups excluding tert-OH is 1. The Bertz CT molecular complexity index is 1390. The van der Waals surface area contributed by atoms with Crippen molar-refractivity contribution in [3.8, 4) is 11.1 Å². The molecule has 3 heterocycles. The second-order valence-electron chi connectivity index (χ2n) is 11.7. The predicted octanol–water partition coefficient (Wildman–Crippen LogP) is 3.03. The molecule has 224 valence electrons. The van der Waals surface area contributed by atoms with Gasteiger partial charge in [0.2, 0.25) is 11.8 Å². The van der Waals surface area contributed by atoms with Crippen LogP contribution in [-0.2, 0) is 25.7 Å². The Balaban J connectivity index is 0.959. The molecule has 3 aliphatic rings. The third kappa shape index (κ3) is 6.95. The minimum absolute atomic E-state index is 0.00847. The molecule has 42 heavy (non-hydrogen) atoms. The number of benzene rings is 1. The molecule has 3 aromatic rings. The molecule has 4 N–H and O–H groups in total. The number of hydrogen-bond donors (Lipinski definition) is 4. The van der Waals surface area contributed by atoms with Crippen molar-refractivity contribution in [3.05, 3.63) is 36.4 Å². The number of hydrogen-bond acceptors (Lipinski definition) is 10. The first-order valence-corrected chi connectivity index (χ1v) is 15.7. The van der Waals surface area contributed by atoms with Gasteiger partial charge in [-0.3, -0.25) is 9.59 Å². The molecule has 0 spiro atoms. The maximum Gasteiger partial charge on any atom is 0.229 e. The van der Waals surface area contributed by atoms with Crippen molar-refractivity contribution < 1.29 is 24.2 Å². The Hall–Kier alpha value is -3.03. The summed E-state index contributed by atoms with van der Waals surface area (Å²) in [6, 6.07) is 6.35. The molecule has 1 saturated heterocycles. The number of thiazole rings is 1. The molecule has 2 saturated carbocycles. The summed E-state index contributed by atoms with van der Waals surface area (Å²) < 4.78 is 12.0. The van der Waals surface area contributed by atoms with Crippen LogP contribution in [0.5, 0.6) is 0 Å². The van der Waals surface area contributed by atoms with Crippen LogP contribution in [0.15, 0.2) is 30.6 Å². The van der Waals surface area contributed by atoms with E-state index >= 15 is 0 Å². The molecule has 2 aromatic heterocycles. The fourth-order valence-electron chi connectivity index (χ4n) is 5.79. The number of fused-ring (bicyclic) bond motifs is 1. The normalized spacial score (nSPS) is 26.2. The lowest BCUT2D eigenvalue weighted by atomic mass is 9.79. The summed E-state index contributed by atoms with van der Waals surface area (Å²) in [7, 11) is 0. The van der Waals surface area contributed by atoms with Gasteiger partial charge >= 0.3 is 0 Å². The van der Waals surface area contributed by atoms with E-state index in [4.69, 9.17) is 9.47 Å². The zero-order valence-electron chi connectivity index (χ0n) is 23.8. The van der Waals surface area contributed by atoms with Crippen LogP contribution in [0.1, 0.15) is 51.3 Å². The fraction of sp³-hybridized carbons (Fsp3) is 0.567. The van der Waals surface area contributed by atoms with Crippen LogP contribution in [0, 0.1) is 11.8 Å². The molecule has 2 amide bonds. The van der Waals surface area contributed by atoms with E-state index in [0.717, 1.165) is 59.9 Å². The minimum atomic E-state index is -0.398. The quantitative estimate of drug-likeness (QED) is 0.263. The molecule has 2 aliphatic carbocycles. The van der Waals surface area contributed by atoms with Gasteiger partial charge in [0.1, 0.15) is 6.61 Å². The van der Waals surface area contributed by atoms with E-state index in [1.807, 2.05) is 25.1 Å². The van der Waals surface area contributed by atoms with Crippen LogP contribution in [0.25, 0.3) is 21.3 Å². The van der Waals surface area contributed by atoms with E-state index in [9.17, 15) is 14.7 Å². The first kappa shape index (κ1) is 29.1. The van der Waals surface area contributed by atoms with Gasteiger partial charge in [-0.05, 0) is 63.1 Å². The van der Waals surface area contributed by atoms with Crippen LogP contribution in [0.4, 0.5) is 5.13 Å². The van der Waals surface area contributed by atoms with Gasteiger partial charge in [0, 0.05) is 49.1 Å². The number of rotatable bonds is 11. The lowest BCUT2D eigenvalue weighted by molar-refractivity contribution is -0.125. The zero-order valence-corrected chi connectivity index (χ0v) is 24.6. The third-order valence-electron chi connectivity index (χ3n) is 8.41. The summed E-state index contributed by atoms with van der Waals surface area (Å²) in [4.78, 5) is 38.5. The number of carbonyl (C=O) groups is 2. The Morgan fingerprint density at radius 2 is 1.95 bits per heavy atom. The second-order valence-corrected chi connectivity index (χ2v) is 12.7. The summed E-state index contributed by atoms with van der Waals surface area (Å²) in [5, 5.41) is 20.0. The maximum atomic E-state index is 12.9. The van der Waals surface area contributed by atoms with Crippen LogP contribution in [-0.4, -0.2) is 75.9 Å². The van der Waals surface area contributed by atoms with E-state index in [2.05, 4.69) is 30.9 Å². The molecule has 0 unspecified atom stereocenters. The second kappa shape index (κ2) is 13.1. The van der Waals surface area contributed by atoms with Crippen LogP contribution >= 0.6 is 11.3 Å². The van der Waals surface area contributed by atoms with Crippen molar-refractivity contribution in [1.82, 2.24) is 25.6 Å². The van der Waals surface area contributed by atoms with Crippen molar-refractivity contribution in [2.45, 2.75) is 76.3 Å². The maximum absolute atomic E-state index is 12.9. The lowest BCUT2D eigenvalue weighted by Crippen LogP contribution is -2.51. The first-order valence-electron chi connectivity index (χ1n) is 14.8. The minimum Gasteiger partial charge on any atom is -0.390 e. The van der Waals surface area contributed by atoms with Gasteiger partial charge in [0.05, 0.1) is 34.9 Å². The van der Waals surface area contributed by atoms with E-state index in [1.54, 1.807) is 12.4 Å². The Morgan fingerprint density at radius 1 is 1.12 bits per heavy atom. The molecule has 4 atom stereocenters. The Morgan fingerprint density at radius 3 is 2.69 bits per heavy atom. The largest absolute Gasteiger partial charge is 0.390 e. The van der Waals surface area contributed by atoms with Crippen LogP contribution in [0.2, 0.25) is 0 Å². The number of aromatic nitrogens is 3. The molecule has 0 bridgehead atoms. The van der Waals surface area contributed by atoms with Crippen molar-refractivity contribution in [2.75, 3.05) is 25.1 Å². The van der Waals surface area contributed by atoms with Gasteiger partial charge in [-0.15, -0.1) is 0 Å². The van der Waals surface area contributed by atoms with E-state index in [1.165, 1.54) is 11.3 Å². The summed E-state index contributed by atoms with van der Waals surface area (Å²) in [6.07, 6.45) is 7.98. The monoisotopic (exact) mass is 594 g/mol. The number of aliphatic hydroxyl groups is 1. The molecule has 1 aromatic carbocycles. The number of amides is 2. The van der Waals surface area contributed by atoms with Crippen molar-refractivity contribution >= 4 is 38.5 Å². The third-order valence-corrected chi connectivity index (χ3v) is 9.35. The first-order chi connectivity index (χ1) is 20.4.